The Kier molecular flexibility index (Phi) is 3.92. The lowest BCUT2D eigenvalue weighted by Gasteiger charge is -2.09. The molecule has 0 saturated carbocycles. The number of rotatable bonds is 3. The lowest BCUT2D eigenvalue weighted by atomic mass is 10.1. The Balaban J connectivity index is 2.26. The molecule has 0 radical (unpaired) electrons. The van der Waals surface area contributed by atoms with Crippen molar-refractivity contribution in [1.29, 1.82) is 0 Å². The number of anilines is 2. The van der Waals surface area contributed by atoms with Gasteiger partial charge in [-0.3, -0.25) is 4.79 Å². The number of ether oxygens (including phenoxy) is 1. The molecule has 0 aliphatic carbocycles. The van der Waals surface area contributed by atoms with Crippen molar-refractivity contribution < 1.29 is 9.53 Å². The molecule has 2 aromatic carbocycles. The van der Waals surface area contributed by atoms with Crippen molar-refractivity contribution >= 4 is 17.3 Å². The van der Waals surface area contributed by atoms with Gasteiger partial charge in [0.1, 0.15) is 5.75 Å². The number of hydrogen-bond donors (Lipinski definition) is 2. The summed E-state index contributed by atoms with van der Waals surface area (Å²) in [6.07, 6.45) is 5.32. The molecule has 2 aromatic rings. The van der Waals surface area contributed by atoms with E-state index < -0.39 is 0 Å². The van der Waals surface area contributed by atoms with Gasteiger partial charge in [0, 0.05) is 16.9 Å². The van der Waals surface area contributed by atoms with Crippen LogP contribution >= 0.6 is 0 Å². The van der Waals surface area contributed by atoms with Gasteiger partial charge < -0.3 is 15.8 Å². The van der Waals surface area contributed by atoms with Crippen LogP contribution in [-0.4, -0.2) is 13.0 Å². The number of benzene rings is 2. The average molecular weight is 266 g/mol. The zero-order chi connectivity index (χ0) is 14.5. The van der Waals surface area contributed by atoms with Gasteiger partial charge in [0.2, 0.25) is 0 Å². The predicted octanol–water partition coefficient (Wildman–Crippen LogP) is 2.51. The summed E-state index contributed by atoms with van der Waals surface area (Å²) in [6, 6.07) is 12.0. The molecule has 100 valence electrons. The number of nitrogens with one attached hydrogen (secondary N) is 1. The van der Waals surface area contributed by atoms with E-state index in [-0.39, 0.29) is 5.91 Å². The van der Waals surface area contributed by atoms with Crippen molar-refractivity contribution in [2.45, 2.75) is 0 Å². The normalized spacial score (nSPS) is 9.60. The van der Waals surface area contributed by atoms with Crippen LogP contribution in [0.4, 0.5) is 11.4 Å². The minimum atomic E-state index is -0.310. The molecule has 0 bridgehead atoms. The monoisotopic (exact) mass is 266 g/mol. The van der Waals surface area contributed by atoms with Crippen molar-refractivity contribution in [3.63, 3.8) is 0 Å². The molecule has 2 rings (SSSR count). The highest BCUT2D eigenvalue weighted by molar-refractivity contribution is 6.08. The number of carbonyl (C=O) groups is 1. The molecule has 0 aromatic heterocycles. The molecule has 0 aliphatic heterocycles. The smallest absolute Gasteiger partial charge is 0.257 e. The van der Waals surface area contributed by atoms with Crippen LogP contribution in [0, 0.1) is 12.3 Å². The van der Waals surface area contributed by atoms with E-state index in [2.05, 4.69) is 11.2 Å². The second-order valence-corrected chi connectivity index (χ2v) is 4.13. The van der Waals surface area contributed by atoms with E-state index in [1.165, 1.54) is 7.11 Å². The van der Waals surface area contributed by atoms with Crippen LogP contribution in [0.25, 0.3) is 0 Å². The van der Waals surface area contributed by atoms with Gasteiger partial charge >= 0.3 is 0 Å². The van der Waals surface area contributed by atoms with Crippen LogP contribution in [-0.2, 0) is 0 Å². The molecular formula is C16H14N2O2. The number of nitrogens with two attached hydrogens (primary N) is 1. The van der Waals surface area contributed by atoms with Crippen molar-refractivity contribution in [3.05, 3.63) is 53.6 Å². The number of terminal acetylenes is 1. The average Bonchev–Trinajstić information content (AvgIpc) is 2.47. The van der Waals surface area contributed by atoms with Gasteiger partial charge in [0.25, 0.3) is 5.91 Å². The molecule has 0 fully saturated rings. The Morgan fingerprint density at radius 2 is 2.10 bits per heavy atom. The van der Waals surface area contributed by atoms with Gasteiger partial charge in [-0.05, 0) is 36.4 Å². The SMILES string of the molecule is C#Cc1cccc(NC(=O)c2cc(OC)ccc2N)c1. The first-order valence-corrected chi connectivity index (χ1v) is 5.95. The van der Waals surface area contributed by atoms with Crippen LogP contribution in [0.5, 0.6) is 5.75 Å². The van der Waals surface area contributed by atoms with E-state index in [9.17, 15) is 4.79 Å². The molecule has 20 heavy (non-hydrogen) atoms. The summed E-state index contributed by atoms with van der Waals surface area (Å²) < 4.78 is 5.08. The molecule has 4 heteroatoms. The Labute approximate surface area is 117 Å². The Hall–Kier alpha value is -2.93. The maximum Gasteiger partial charge on any atom is 0.257 e. The van der Waals surface area contributed by atoms with Gasteiger partial charge in [0.15, 0.2) is 0 Å². The van der Waals surface area contributed by atoms with Gasteiger partial charge in [-0.1, -0.05) is 12.0 Å². The Morgan fingerprint density at radius 1 is 1.30 bits per heavy atom. The number of nitrogen functional groups attached to an aromatic ring is 1. The highest BCUT2D eigenvalue weighted by Crippen LogP contribution is 2.21. The first kappa shape index (κ1) is 13.5. The summed E-state index contributed by atoms with van der Waals surface area (Å²) in [5.41, 5.74) is 7.86. The van der Waals surface area contributed by atoms with Gasteiger partial charge in [-0.25, -0.2) is 0 Å². The highest BCUT2D eigenvalue weighted by atomic mass is 16.5. The number of carbonyl (C=O) groups excluding carboxylic acids is 1. The van der Waals surface area contributed by atoms with E-state index in [0.29, 0.717) is 28.3 Å². The van der Waals surface area contributed by atoms with Crippen molar-refractivity contribution in [1.82, 2.24) is 0 Å². The number of hydrogen-bond acceptors (Lipinski definition) is 3. The molecule has 1 amide bonds. The standard InChI is InChI=1S/C16H14N2O2/c1-3-11-5-4-6-12(9-11)18-16(19)14-10-13(20-2)7-8-15(14)17/h1,4-10H,17H2,2H3,(H,18,19). The second-order valence-electron chi connectivity index (χ2n) is 4.13. The van der Waals surface area contributed by atoms with Gasteiger partial charge in [0.05, 0.1) is 12.7 Å². The second kappa shape index (κ2) is 5.81. The molecule has 0 spiro atoms. The van der Waals surface area contributed by atoms with E-state index in [0.717, 1.165) is 0 Å². The molecule has 0 unspecified atom stereocenters. The summed E-state index contributed by atoms with van der Waals surface area (Å²) in [4.78, 5) is 12.2. The lowest BCUT2D eigenvalue weighted by molar-refractivity contribution is 0.102. The van der Waals surface area contributed by atoms with Crippen molar-refractivity contribution in [3.8, 4) is 18.1 Å². The third-order valence-corrected chi connectivity index (χ3v) is 2.79. The van der Waals surface area contributed by atoms with Crippen LogP contribution in [0.3, 0.4) is 0 Å². The molecule has 0 aliphatic rings. The summed E-state index contributed by atoms with van der Waals surface area (Å²) >= 11 is 0. The zero-order valence-corrected chi connectivity index (χ0v) is 11.0. The molecule has 0 saturated heterocycles. The Bertz CT molecular complexity index is 687. The van der Waals surface area contributed by atoms with Crippen molar-refractivity contribution in [2.75, 3.05) is 18.2 Å². The maximum absolute atomic E-state index is 12.2. The summed E-state index contributed by atoms with van der Waals surface area (Å²) in [7, 11) is 1.53. The molecule has 3 N–H and O–H groups in total. The zero-order valence-electron chi connectivity index (χ0n) is 11.0. The van der Waals surface area contributed by atoms with Gasteiger partial charge in [-0.15, -0.1) is 6.42 Å². The fraction of sp³-hybridized carbons (Fsp3) is 0.0625. The predicted molar refractivity (Wildman–Crippen MR) is 79.7 cm³/mol. The fourth-order valence-corrected chi connectivity index (χ4v) is 1.74. The highest BCUT2D eigenvalue weighted by Gasteiger charge is 2.11. The Morgan fingerprint density at radius 3 is 2.80 bits per heavy atom. The molecule has 0 heterocycles. The maximum atomic E-state index is 12.2. The third-order valence-electron chi connectivity index (χ3n) is 2.79. The number of methoxy groups -OCH3 is 1. The minimum absolute atomic E-state index is 0.310. The summed E-state index contributed by atoms with van der Waals surface area (Å²) in [5, 5.41) is 2.76. The topological polar surface area (TPSA) is 64.3 Å². The molecule has 0 atom stereocenters. The molecule has 4 nitrogen and oxygen atoms in total. The van der Waals surface area contributed by atoms with Crippen LogP contribution < -0.4 is 15.8 Å². The van der Waals surface area contributed by atoms with Crippen LogP contribution in [0.2, 0.25) is 0 Å². The summed E-state index contributed by atoms with van der Waals surface area (Å²) in [5.74, 6) is 2.78. The number of amides is 1. The lowest BCUT2D eigenvalue weighted by Crippen LogP contribution is -2.14. The quantitative estimate of drug-likeness (QED) is 0.662. The van der Waals surface area contributed by atoms with E-state index in [4.69, 9.17) is 16.9 Å². The minimum Gasteiger partial charge on any atom is -0.497 e. The van der Waals surface area contributed by atoms with E-state index >= 15 is 0 Å². The fourth-order valence-electron chi connectivity index (χ4n) is 1.74. The summed E-state index contributed by atoms with van der Waals surface area (Å²) in [6.45, 7) is 0. The first-order chi connectivity index (χ1) is 9.63. The van der Waals surface area contributed by atoms with E-state index in [1.54, 1.807) is 42.5 Å². The van der Waals surface area contributed by atoms with Crippen LogP contribution in [0.15, 0.2) is 42.5 Å². The first-order valence-electron chi connectivity index (χ1n) is 5.95. The van der Waals surface area contributed by atoms with Crippen LogP contribution in [0.1, 0.15) is 15.9 Å². The third kappa shape index (κ3) is 2.90. The van der Waals surface area contributed by atoms with Crippen molar-refractivity contribution in [2.24, 2.45) is 0 Å². The van der Waals surface area contributed by atoms with E-state index in [1.807, 2.05) is 0 Å². The molecular weight excluding hydrogens is 252 g/mol. The largest absolute Gasteiger partial charge is 0.497 e. The van der Waals surface area contributed by atoms with Gasteiger partial charge in [-0.2, -0.15) is 0 Å².